The first-order chi connectivity index (χ1) is 14.2. The molecule has 0 saturated heterocycles. The van der Waals surface area contributed by atoms with Crippen LogP contribution in [0.5, 0.6) is 5.75 Å². The van der Waals surface area contributed by atoms with Crippen LogP contribution in [0.2, 0.25) is 0 Å². The normalized spacial score (nSPS) is 13.5. The van der Waals surface area contributed by atoms with E-state index in [0.717, 1.165) is 17.6 Å². The molecule has 0 saturated carbocycles. The molecule has 0 aromatic heterocycles. The van der Waals surface area contributed by atoms with Gasteiger partial charge in [-0.15, -0.1) is 0 Å². The summed E-state index contributed by atoms with van der Waals surface area (Å²) < 4.78 is 12.0. The Bertz CT molecular complexity index is 1120. The van der Waals surface area contributed by atoms with Gasteiger partial charge in [0, 0.05) is 18.9 Å². The zero-order valence-electron chi connectivity index (χ0n) is 17.4. The quantitative estimate of drug-likeness (QED) is 0.316. The molecule has 0 bridgehead atoms. The lowest BCUT2D eigenvalue weighted by molar-refractivity contribution is -0.0510. The minimum Gasteiger partial charge on any atom is -0.464 e. The SMILES string of the molecule is CCC(C)c1ccc(OC(Cc2ccc3ccccc3c2)OC)c2ccccc12. The van der Waals surface area contributed by atoms with Crippen molar-refractivity contribution in [1.82, 2.24) is 0 Å². The topological polar surface area (TPSA) is 18.5 Å². The predicted octanol–water partition coefficient (Wildman–Crippen LogP) is 7.10. The van der Waals surface area contributed by atoms with Crippen molar-refractivity contribution < 1.29 is 9.47 Å². The van der Waals surface area contributed by atoms with Crippen molar-refractivity contribution in [2.45, 2.75) is 38.9 Å². The molecule has 0 N–H and O–H groups in total. The lowest BCUT2D eigenvalue weighted by Crippen LogP contribution is -2.22. The molecule has 0 amide bonds. The number of fused-ring (bicyclic) bond motifs is 2. The van der Waals surface area contributed by atoms with Gasteiger partial charge < -0.3 is 9.47 Å². The molecule has 4 rings (SSSR count). The Balaban J connectivity index is 1.62. The van der Waals surface area contributed by atoms with Gasteiger partial charge in [-0.1, -0.05) is 86.6 Å². The monoisotopic (exact) mass is 384 g/mol. The van der Waals surface area contributed by atoms with Gasteiger partial charge in [0.05, 0.1) is 0 Å². The van der Waals surface area contributed by atoms with Gasteiger partial charge >= 0.3 is 0 Å². The lowest BCUT2D eigenvalue weighted by atomic mass is 9.92. The van der Waals surface area contributed by atoms with Gasteiger partial charge in [-0.2, -0.15) is 0 Å². The second-order valence-corrected chi connectivity index (χ2v) is 7.68. The van der Waals surface area contributed by atoms with Gasteiger partial charge in [0.2, 0.25) is 6.29 Å². The smallest absolute Gasteiger partial charge is 0.203 e. The first kappa shape index (κ1) is 19.5. The van der Waals surface area contributed by atoms with E-state index in [1.807, 2.05) is 0 Å². The number of hydrogen-bond donors (Lipinski definition) is 0. The van der Waals surface area contributed by atoms with Crippen molar-refractivity contribution >= 4 is 21.5 Å². The second kappa shape index (κ2) is 8.67. The Kier molecular flexibility index (Phi) is 5.82. The van der Waals surface area contributed by atoms with Crippen LogP contribution in [0, 0.1) is 0 Å². The van der Waals surface area contributed by atoms with Crippen molar-refractivity contribution in [3.63, 3.8) is 0 Å². The fraction of sp³-hybridized carbons (Fsp3) is 0.259. The molecule has 0 fully saturated rings. The third kappa shape index (κ3) is 4.13. The van der Waals surface area contributed by atoms with Crippen molar-refractivity contribution in [1.29, 1.82) is 0 Å². The number of rotatable bonds is 7. The maximum atomic E-state index is 6.34. The average molecular weight is 385 g/mol. The van der Waals surface area contributed by atoms with Crippen molar-refractivity contribution in [3.8, 4) is 5.75 Å². The largest absolute Gasteiger partial charge is 0.464 e. The summed E-state index contributed by atoms with van der Waals surface area (Å²) in [7, 11) is 1.71. The van der Waals surface area contributed by atoms with E-state index in [4.69, 9.17) is 9.47 Å². The maximum absolute atomic E-state index is 6.34. The van der Waals surface area contributed by atoms with Gasteiger partial charge in [0.1, 0.15) is 5.75 Å². The maximum Gasteiger partial charge on any atom is 0.203 e. The van der Waals surface area contributed by atoms with E-state index in [9.17, 15) is 0 Å². The van der Waals surface area contributed by atoms with Gasteiger partial charge in [0.15, 0.2) is 0 Å². The van der Waals surface area contributed by atoms with Crippen LogP contribution in [0.1, 0.15) is 37.3 Å². The first-order valence-corrected chi connectivity index (χ1v) is 10.4. The highest BCUT2D eigenvalue weighted by molar-refractivity contribution is 5.91. The van der Waals surface area contributed by atoms with Crippen LogP contribution in [-0.4, -0.2) is 13.4 Å². The second-order valence-electron chi connectivity index (χ2n) is 7.68. The molecule has 0 spiro atoms. The lowest BCUT2D eigenvalue weighted by Gasteiger charge is -2.21. The molecule has 148 valence electrons. The first-order valence-electron chi connectivity index (χ1n) is 10.4. The Morgan fingerprint density at radius 2 is 1.52 bits per heavy atom. The Morgan fingerprint density at radius 3 is 2.28 bits per heavy atom. The van der Waals surface area contributed by atoms with E-state index in [2.05, 4.69) is 92.7 Å². The van der Waals surface area contributed by atoms with E-state index in [1.54, 1.807) is 7.11 Å². The Labute approximate surface area is 173 Å². The number of ether oxygens (including phenoxy) is 2. The van der Waals surface area contributed by atoms with Crippen LogP contribution in [0.3, 0.4) is 0 Å². The molecular weight excluding hydrogens is 356 g/mol. The number of benzene rings is 4. The molecular formula is C27H28O2. The van der Waals surface area contributed by atoms with E-state index in [1.165, 1.54) is 27.3 Å². The standard InChI is InChI=1S/C27H28O2/c1-4-19(2)23-15-16-26(25-12-8-7-11-24(23)25)29-27(28-3)18-20-13-14-21-9-5-6-10-22(21)17-20/h5-17,19,27H,4,18H2,1-3H3. The minimum absolute atomic E-state index is 0.339. The van der Waals surface area contributed by atoms with Crippen LogP contribution in [0.25, 0.3) is 21.5 Å². The summed E-state index contributed by atoms with van der Waals surface area (Å²) in [4.78, 5) is 0. The van der Waals surface area contributed by atoms with E-state index >= 15 is 0 Å². The van der Waals surface area contributed by atoms with E-state index < -0.39 is 0 Å². The van der Waals surface area contributed by atoms with Gasteiger partial charge in [0.25, 0.3) is 0 Å². The zero-order chi connectivity index (χ0) is 20.2. The third-order valence-electron chi connectivity index (χ3n) is 5.80. The predicted molar refractivity (Wildman–Crippen MR) is 122 cm³/mol. The van der Waals surface area contributed by atoms with Gasteiger partial charge in [-0.25, -0.2) is 0 Å². The molecule has 0 aliphatic carbocycles. The molecule has 2 unspecified atom stereocenters. The molecule has 29 heavy (non-hydrogen) atoms. The summed E-state index contributed by atoms with van der Waals surface area (Å²) in [5.74, 6) is 1.39. The summed E-state index contributed by atoms with van der Waals surface area (Å²) >= 11 is 0. The number of hydrogen-bond acceptors (Lipinski definition) is 2. The third-order valence-corrected chi connectivity index (χ3v) is 5.80. The van der Waals surface area contributed by atoms with Crippen molar-refractivity contribution in [2.24, 2.45) is 0 Å². The van der Waals surface area contributed by atoms with Crippen LogP contribution in [0.4, 0.5) is 0 Å². The summed E-state index contributed by atoms with van der Waals surface area (Å²) in [5.41, 5.74) is 2.58. The average Bonchev–Trinajstić information content (AvgIpc) is 2.78. The minimum atomic E-state index is -0.339. The molecule has 0 radical (unpaired) electrons. The van der Waals surface area contributed by atoms with Gasteiger partial charge in [-0.05, 0) is 45.7 Å². The van der Waals surface area contributed by atoms with Crippen LogP contribution in [0.15, 0.2) is 78.9 Å². The van der Waals surface area contributed by atoms with Crippen LogP contribution >= 0.6 is 0 Å². The summed E-state index contributed by atoms with van der Waals surface area (Å²) in [6.45, 7) is 4.51. The highest BCUT2D eigenvalue weighted by Gasteiger charge is 2.15. The number of methoxy groups -OCH3 is 1. The van der Waals surface area contributed by atoms with Crippen LogP contribution in [-0.2, 0) is 11.2 Å². The van der Waals surface area contributed by atoms with Crippen LogP contribution < -0.4 is 4.74 Å². The van der Waals surface area contributed by atoms with E-state index in [0.29, 0.717) is 12.3 Å². The molecule has 2 heteroatoms. The molecule has 4 aromatic carbocycles. The molecule has 0 heterocycles. The molecule has 4 aromatic rings. The molecule has 2 nitrogen and oxygen atoms in total. The Hall–Kier alpha value is -2.84. The molecule has 0 aliphatic heterocycles. The Morgan fingerprint density at radius 1 is 0.793 bits per heavy atom. The van der Waals surface area contributed by atoms with Crippen molar-refractivity contribution in [2.75, 3.05) is 7.11 Å². The summed E-state index contributed by atoms with van der Waals surface area (Å²) in [5, 5.41) is 4.90. The summed E-state index contributed by atoms with van der Waals surface area (Å²) in [6.07, 6.45) is 1.48. The molecule has 2 atom stereocenters. The van der Waals surface area contributed by atoms with Crippen molar-refractivity contribution in [3.05, 3.63) is 90.0 Å². The summed E-state index contributed by atoms with van der Waals surface area (Å²) in [6, 6.07) is 27.7. The van der Waals surface area contributed by atoms with Gasteiger partial charge in [-0.3, -0.25) is 0 Å². The zero-order valence-corrected chi connectivity index (χ0v) is 17.4. The molecule has 0 aliphatic rings. The highest BCUT2D eigenvalue weighted by atomic mass is 16.7. The highest BCUT2D eigenvalue weighted by Crippen LogP contribution is 2.34. The fourth-order valence-corrected chi connectivity index (χ4v) is 3.92. The van der Waals surface area contributed by atoms with E-state index in [-0.39, 0.29) is 6.29 Å². The fourth-order valence-electron chi connectivity index (χ4n) is 3.92.